The predicted molar refractivity (Wildman–Crippen MR) is 92.7 cm³/mol. The molecule has 1 heterocycles. The molecular formula is C18H27N3O2. The van der Waals surface area contributed by atoms with Gasteiger partial charge in [0.15, 0.2) is 0 Å². The van der Waals surface area contributed by atoms with Crippen LogP contribution >= 0.6 is 0 Å². The van der Waals surface area contributed by atoms with Crippen LogP contribution in [-0.2, 0) is 4.79 Å². The quantitative estimate of drug-likeness (QED) is 0.839. The van der Waals surface area contributed by atoms with Gasteiger partial charge in [0, 0.05) is 36.8 Å². The molecule has 0 bridgehead atoms. The fourth-order valence-corrected chi connectivity index (χ4v) is 3.05. The molecule has 1 aromatic carbocycles. The zero-order valence-corrected chi connectivity index (χ0v) is 14.3. The van der Waals surface area contributed by atoms with Crippen LogP contribution in [0, 0.1) is 0 Å². The van der Waals surface area contributed by atoms with E-state index in [4.69, 9.17) is 0 Å². The molecule has 0 aromatic heterocycles. The van der Waals surface area contributed by atoms with Gasteiger partial charge in [0.25, 0.3) is 5.91 Å². The molecule has 1 aromatic rings. The van der Waals surface area contributed by atoms with E-state index in [1.165, 1.54) is 0 Å². The van der Waals surface area contributed by atoms with Crippen molar-refractivity contribution in [3.63, 3.8) is 0 Å². The van der Waals surface area contributed by atoms with Gasteiger partial charge in [-0.2, -0.15) is 0 Å². The molecule has 1 aliphatic heterocycles. The van der Waals surface area contributed by atoms with E-state index in [-0.39, 0.29) is 11.8 Å². The second-order valence-electron chi connectivity index (χ2n) is 5.98. The van der Waals surface area contributed by atoms with Crippen LogP contribution in [-0.4, -0.2) is 48.9 Å². The van der Waals surface area contributed by atoms with E-state index in [2.05, 4.69) is 31.0 Å². The summed E-state index contributed by atoms with van der Waals surface area (Å²) in [5.74, 6) is 0.0511. The SMILES string of the molecule is CCN(CC)C(C)CNC(=O)c1cccc(N2CCCC2=O)c1. The van der Waals surface area contributed by atoms with Crippen molar-refractivity contribution in [1.82, 2.24) is 10.2 Å². The highest BCUT2D eigenvalue weighted by molar-refractivity contribution is 5.99. The molecule has 126 valence electrons. The van der Waals surface area contributed by atoms with Gasteiger partial charge in [-0.05, 0) is 44.6 Å². The monoisotopic (exact) mass is 317 g/mol. The number of rotatable bonds is 7. The van der Waals surface area contributed by atoms with Crippen LogP contribution in [0.5, 0.6) is 0 Å². The molecule has 5 nitrogen and oxygen atoms in total. The second-order valence-corrected chi connectivity index (χ2v) is 5.98. The van der Waals surface area contributed by atoms with Crippen LogP contribution in [0.2, 0.25) is 0 Å². The molecule has 1 atom stereocenters. The third-order valence-corrected chi connectivity index (χ3v) is 4.49. The molecule has 1 N–H and O–H groups in total. The second kappa shape index (κ2) is 8.11. The van der Waals surface area contributed by atoms with Crippen LogP contribution in [0.25, 0.3) is 0 Å². The molecule has 1 saturated heterocycles. The Morgan fingerprint density at radius 1 is 1.35 bits per heavy atom. The summed E-state index contributed by atoms with van der Waals surface area (Å²) in [6.45, 7) is 9.67. The summed E-state index contributed by atoms with van der Waals surface area (Å²) < 4.78 is 0. The topological polar surface area (TPSA) is 52.7 Å². The number of carbonyl (C=O) groups excluding carboxylic acids is 2. The average molecular weight is 317 g/mol. The van der Waals surface area contributed by atoms with Crippen molar-refractivity contribution in [1.29, 1.82) is 0 Å². The minimum atomic E-state index is -0.0856. The van der Waals surface area contributed by atoms with E-state index in [1.54, 1.807) is 17.0 Å². The van der Waals surface area contributed by atoms with Crippen LogP contribution in [0.15, 0.2) is 24.3 Å². The average Bonchev–Trinajstić information content (AvgIpc) is 3.00. The lowest BCUT2D eigenvalue weighted by atomic mass is 10.1. The van der Waals surface area contributed by atoms with Crippen LogP contribution in [0.1, 0.15) is 44.0 Å². The summed E-state index contributed by atoms with van der Waals surface area (Å²) in [4.78, 5) is 28.3. The first-order valence-electron chi connectivity index (χ1n) is 8.49. The molecule has 0 aliphatic carbocycles. The number of amides is 2. The van der Waals surface area contributed by atoms with E-state index >= 15 is 0 Å². The van der Waals surface area contributed by atoms with E-state index in [0.29, 0.717) is 24.6 Å². The predicted octanol–water partition coefficient (Wildman–Crippen LogP) is 2.27. The zero-order valence-electron chi connectivity index (χ0n) is 14.3. The van der Waals surface area contributed by atoms with Gasteiger partial charge < -0.3 is 10.2 Å². The number of hydrogen-bond acceptors (Lipinski definition) is 3. The highest BCUT2D eigenvalue weighted by Gasteiger charge is 2.22. The number of carbonyl (C=O) groups is 2. The van der Waals surface area contributed by atoms with Gasteiger partial charge in [-0.15, -0.1) is 0 Å². The molecule has 2 rings (SSSR count). The number of nitrogens with one attached hydrogen (secondary N) is 1. The Balaban J connectivity index is 1.98. The first-order valence-corrected chi connectivity index (χ1v) is 8.49. The molecule has 0 radical (unpaired) electrons. The number of anilines is 1. The van der Waals surface area contributed by atoms with Gasteiger partial charge >= 0.3 is 0 Å². The van der Waals surface area contributed by atoms with Gasteiger partial charge in [-0.1, -0.05) is 19.9 Å². The van der Waals surface area contributed by atoms with Crippen molar-refractivity contribution in [3.8, 4) is 0 Å². The number of benzene rings is 1. The zero-order chi connectivity index (χ0) is 16.8. The maximum atomic E-state index is 12.4. The third-order valence-electron chi connectivity index (χ3n) is 4.49. The Hall–Kier alpha value is -1.88. The van der Waals surface area contributed by atoms with E-state index < -0.39 is 0 Å². The lowest BCUT2D eigenvalue weighted by Crippen LogP contribution is -2.42. The van der Waals surface area contributed by atoms with Crippen LogP contribution in [0.3, 0.4) is 0 Å². The summed E-state index contributed by atoms with van der Waals surface area (Å²) in [6.07, 6.45) is 1.48. The van der Waals surface area contributed by atoms with Gasteiger partial charge in [-0.3, -0.25) is 14.5 Å². The minimum Gasteiger partial charge on any atom is -0.350 e. The number of likely N-dealkylation sites (N-methyl/N-ethyl adjacent to an activating group) is 1. The van der Waals surface area contributed by atoms with Crippen molar-refractivity contribution in [2.24, 2.45) is 0 Å². The van der Waals surface area contributed by atoms with Gasteiger partial charge in [0.1, 0.15) is 0 Å². The van der Waals surface area contributed by atoms with Crippen molar-refractivity contribution in [3.05, 3.63) is 29.8 Å². The summed E-state index contributed by atoms with van der Waals surface area (Å²) in [6, 6.07) is 7.63. The number of hydrogen-bond donors (Lipinski definition) is 1. The Labute approximate surface area is 138 Å². The van der Waals surface area contributed by atoms with Gasteiger partial charge in [-0.25, -0.2) is 0 Å². The maximum Gasteiger partial charge on any atom is 0.251 e. The molecule has 1 unspecified atom stereocenters. The summed E-state index contributed by atoms with van der Waals surface area (Å²) >= 11 is 0. The summed E-state index contributed by atoms with van der Waals surface area (Å²) in [5, 5.41) is 2.99. The molecule has 2 amide bonds. The minimum absolute atomic E-state index is 0.0856. The first-order chi connectivity index (χ1) is 11.1. The molecule has 0 spiro atoms. The molecular weight excluding hydrogens is 290 g/mol. The van der Waals surface area contributed by atoms with E-state index in [9.17, 15) is 9.59 Å². The molecule has 5 heteroatoms. The Bertz CT molecular complexity index is 555. The highest BCUT2D eigenvalue weighted by Crippen LogP contribution is 2.22. The Kier molecular flexibility index (Phi) is 6.16. The molecule has 1 aliphatic rings. The van der Waals surface area contributed by atoms with Crippen molar-refractivity contribution in [2.45, 2.75) is 39.7 Å². The first kappa shape index (κ1) is 17.5. The standard InChI is InChI=1S/C18H27N3O2/c1-4-20(5-2)14(3)13-19-18(23)15-8-6-9-16(12-15)21-11-7-10-17(21)22/h6,8-9,12,14H,4-5,7,10-11,13H2,1-3H3,(H,19,23). The van der Waals surface area contributed by atoms with Crippen molar-refractivity contribution >= 4 is 17.5 Å². The Morgan fingerprint density at radius 3 is 2.70 bits per heavy atom. The van der Waals surface area contributed by atoms with E-state index in [0.717, 1.165) is 31.7 Å². The summed E-state index contributed by atoms with van der Waals surface area (Å²) in [7, 11) is 0. The largest absolute Gasteiger partial charge is 0.350 e. The van der Waals surface area contributed by atoms with Crippen LogP contribution in [0.4, 0.5) is 5.69 Å². The Morgan fingerprint density at radius 2 is 2.09 bits per heavy atom. The third kappa shape index (κ3) is 4.32. The fourth-order valence-electron chi connectivity index (χ4n) is 3.05. The fraction of sp³-hybridized carbons (Fsp3) is 0.556. The van der Waals surface area contributed by atoms with Crippen molar-refractivity contribution < 1.29 is 9.59 Å². The molecule has 1 fully saturated rings. The highest BCUT2D eigenvalue weighted by atomic mass is 16.2. The van der Waals surface area contributed by atoms with Gasteiger partial charge in [0.2, 0.25) is 5.91 Å². The maximum absolute atomic E-state index is 12.4. The lowest BCUT2D eigenvalue weighted by Gasteiger charge is -2.26. The van der Waals surface area contributed by atoms with Gasteiger partial charge in [0.05, 0.1) is 0 Å². The molecule has 0 saturated carbocycles. The van der Waals surface area contributed by atoms with E-state index in [1.807, 2.05) is 12.1 Å². The smallest absolute Gasteiger partial charge is 0.251 e. The normalized spacial score (nSPS) is 16.0. The number of nitrogens with zero attached hydrogens (tertiary/aromatic N) is 2. The molecule has 23 heavy (non-hydrogen) atoms. The van der Waals surface area contributed by atoms with Crippen LogP contribution < -0.4 is 10.2 Å². The summed E-state index contributed by atoms with van der Waals surface area (Å²) in [5.41, 5.74) is 1.42. The lowest BCUT2D eigenvalue weighted by molar-refractivity contribution is -0.117. The van der Waals surface area contributed by atoms with Crippen molar-refractivity contribution in [2.75, 3.05) is 31.1 Å².